The molecule has 0 aromatic heterocycles. The van der Waals surface area contributed by atoms with Gasteiger partial charge in [0.2, 0.25) is 0 Å². The Morgan fingerprint density at radius 3 is 2.24 bits per heavy atom. The van der Waals surface area contributed by atoms with Crippen LogP contribution in [0.3, 0.4) is 0 Å². The van der Waals surface area contributed by atoms with Crippen LogP contribution >= 0.6 is 0 Å². The van der Waals surface area contributed by atoms with Crippen LogP contribution in [0.1, 0.15) is 76.0 Å². The molecule has 2 aromatic rings. The van der Waals surface area contributed by atoms with Crippen molar-refractivity contribution < 1.29 is 14.3 Å². The van der Waals surface area contributed by atoms with E-state index < -0.39 is 5.41 Å². The van der Waals surface area contributed by atoms with Crippen molar-refractivity contribution in [2.24, 2.45) is 5.41 Å². The van der Waals surface area contributed by atoms with Gasteiger partial charge >= 0.3 is 5.97 Å². The predicted molar refractivity (Wildman–Crippen MR) is 154 cm³/mol. The summed E-state index contributed by atoms with van der Waals surface area (Å²) in [5.41, 5.74) is 2.08. The number of para-hydroxylation sites is 1. The molecule has 0 spiro atoms. The number of nitrogens with zero attached hydrogens (tertiary/aromatic N) is 3. The highest BCUT2D eigenvalue weighted by Gasteiger charge is 2.36. The maximum absolute atomic E-state index is 13.0. The fourth-order valence-electron chi connectivity index (χ4n) is 5.11. The Bertz CT molecular complexity index is 1100. The molecule has 6 heteroatoms. The maximum atomic E-state index is 13.0. The fourth-order valence-corrected chi connectivity index (χ4v) is 5.11. The smallest absolute Gasteiger partial charge is 0.316 e. The summed E-state index contributed by atoms with van der Waals surface area (Å²) in [7, 11) is 0. The first-order valence-electron chi connectivity index (χ1n) is 13.8. The Kier molecular flexibility index (Phi) is 9.91. The van der Waals surface area contributed by atoms with Crippen LogP contribution in [-0.4, -0.2) is 71.4 Å². The average Bonchev–Trinajstić information content (AvgIpc) is 2.88. The fraction of sp³-hybridized carbons (Fsp3) is 0.500. The zero-order chi connectivity index (χ0) is 28.0. The van der Waals surface area contributed by atoms with Gasteiger partial charge in [0.15, 0.2) is 0 Å². The summed E-state index contributed by atoms with van der Waals surface area (Å²) in [5, 5.41) is 0. The lowest BCUT2D eigenvalue weighted by molar-refractivity contribution is -0.143. The molecule has 0 bridgehead atoms. The maximum Gasteiger partial charge on any atom is 0.316 e. The molecule has 206 valence electrons. The molecule has 0 unspecified atom stereocenters. The zero-order valence-corrected chi connectivity index (χ0v) is 24.2. The Morgan fingerprint density at radius 2 is 1.66 bits per heavy atom. The summed E-state index contributed by atoms with van der Waals surface area (Å²) in [6.07, 6.45) is 1.96. The number of piperazine rings is 1. The molecule has 1 aliphatic rings. The second-order valence-electron chi connectivity index (χ2n) is 11.3. The minimum absolute atomic E-state index is 0.0395. The molecular formula is C32H45N3O3. The monoisotopic (exact) mass is 519 g/mol. The van der Waals surface area contributed by atoms with Crippen molar-refractivity contribution in [2.75, 3.05) is 32.7 Å². The molecule has 1 amide bonds. The normalized spacial score (nSPS) is 19.6. The van der Waals surface area contributed by atoms with Crippen LogP contribution in [0.4, 0.5) is 0 Å². The number of carbonyl (C=O) groups is 2. The highest BCUT2D eigenvalue weighted by Crippen LogP contribution is 2.38. The molecule has 1 aliphatic heterocycles. The van der Waals surface area contributed by atoms with Gasteiger partial charge in [-0.3, -0.25) is 19.4 Å². The topological polar surface area (TPSA) is 53.1 Å². The van der Waals surface area contributed by atoms with E-state index in [1.54, 1.807) is 0 Å². The van der Waals surface area contributed by atoms with E-state index in [-0.39, 0.29) is 24.0 Å². The van der Waals surface area contributed by atoms with Gasteiger partial charge in [-0.05, 0) is 72.2 Å². The Morgan fingerprint density at radius 1 is 1.03 bits per heavy atom. The molecule has 38 heavy (non-hydrogen) atoms. The zero-order valence-electron chi connectivity index (χ0n) is 24.2. The highest BCUT2D eigenvalue weighted by atomic mass is 16.5. The number of amides is 1. The summed E-state index contributed by atoms with van der Waals surface area (Å²) in [6, 6.07) is 16.2. The third-order valence-corrected chi connectivity index (χ3v) is 7.41. The standard InChI is InChI=1S/C32H45N3O3/c1-9-20-34-21-24(5)35(22-23(34)4)29(25-16-18-26(19-17-25)30(36)33(10-2)11-3)27-14-12-13-15-28(27)38-31(37)32(6,7)8/h9,12-19,23-24,29H,1,10-11,20-22H2,2-8H3/t23-,24+,29+/m0/s1. The Labute approximate surface area is 229 Å². The van der Waals surface area contributed by atoms with Crippen LogP contribution in [0.5, 0.6) is 5.75 Å². The van der Waals surface area contributed by atoms with Crippen LogP contribution in [0.2, 0.25) is 0 Å². The molecule has 0 aliphatic carbocycles. The van der Waals surface area contributed by atoms with E-state index in [1.807, 2.05) is 75.9 Å². The number of hydrogen-bond acceptors (Lipinski definition) is 5. The first-order valence-corrected chi connectivity index (χ1v) is 13.8. The quantitative estimate of drug-likeness (QED) is 0.238. The number of esters is 1. The molecule has 3 rings (SSSR count). The third kappa shape index (κ3) is 6.72. The van der Waals surface area contributed by atoms with Gasteiger partial charge in [0.25, 0.3) is 5.91 Å². The van der Waals surface area contributed by atoms with Crippen LogP contribution in [0, 0.1) is 5.41 Å². The predicted octanol–water partition coefficient (Wildman–Crippen LogP) is 5.79. The molecular weight excluding hydrogens is 474 g/mol. The van der Waals surface area contributed by atoms with E-state index in [2.05, 4.69) is 48.4 Å². The molecule has 0 radical (unpaired) electrons. The molecule has 0 N–H and O–H groups in total. The average molecular weight is 520 g/mol. The SMILES string of the molecule is C=CCN1C[C@@H](C)N([C@H](c2ccc(C(=O)N(CC)CC)cc2)c2ccccc2OC(=O)C(C)(C)C)C[C@@H]1C. The summed E-state index contributed by atoms with van der Waals surface area (Å²) in [5.74, 6) is 0.354. The van der Waals surface area contributed by atoms with E-state index in [9.17, 15) is 9.59 Å². The minimum atomic E-state index is -0.618. The van der Waals surface area contributed by atoms with Gasteiger partial charge in [0, 0.05) is 55.9 Å². The molecule has 1 fully saturated rings. The Hall–Kier alpha value is -2.96. The van der Waals surface area contributed by atoms with Crippen LogP contribution in [-0.2, 0) is 4.79 Å². The largest absolute Gasteiger partial charge is 0.426 e. The van der Waals surface area contributed by atoms with Gasteiger partial charge in [-0.2, -0.15) is 0 Å². The molecule has 2 aromatic carbocycles. The second kappa shape index (κ2) is 12.7. The van der Waals surface area contributed by atoms with Crippen LogP contribution < -0.4 is 4.74 Å². The Balaban J connectivity index is 2.07. The van der Waals surface area contributed by atoms with E-state index in [0.29, 0.717) is 30.4 Å². The van der Waals surface area contributed by atoms with E-state index >= 15 is 0 Å². The van der Waals surface area contributed by atoms with Gasteiger partial charge in [-0.25, -0.2) is 0 Å². The summed E-state index contributed by atoms with van der Waals surface area (Å²) in [6.45, 7) is 22.0. The van der Waals surface area contributed by atoms with Crippen molar-refractivity contribution in [3.8, 4) is 5.75 Å². The number of hydrogen-bond donors (Lipinski definition) is 0. The number of carbonyl (C=O) groups excluding carboxylic acids is 2. The van der Waals surface area contributed by atoms with Gasteiger partial charge in [0.05, 0.1) is 11.5 Å². The van der Waals surface area contributed by atoms with E-state index in [4.69, 9.17) is 4.74 Å². The summed E-state index contributed by atoms with van der Waals surface area (Å²) >= 11 is 0. The van der Waals surface area contributed by atoms with Crippen molar-refractivity contribution >= 4 is 11.9 Å². The minimum Gasteiger partial charge on any atom is -0.426 e. The first-order chi connectivity index (χ1) is 18.0. The number of ether oxygens (including phenoxy) is 1. The number of rotatable bonds is 9. The van der Waals surface area contributed by atoms with Crippen LogP contribution in [0.25, 0.3) is 0 Å². The van der Waals surface area contributed by atoms with Gasteiger partial charge in [0.1, 0.15) is 5.75 Å². The van der Waals surface area contributed by atoms with Gasteiger partial charge in [-0.15, -0.1) is 6.58 Å². The highest BCUT2D eigenvalue weighted by molar-refractivity contribution is 5.94. The number of benzene rings is 2. The van der Waals surface area contributed by atoms with E-state index in [0.717, 1.165) is 30.8 Å². The molecule has 1 saturated heterocycles. The molecule has 3 atom stereocenters. The van der Waals surface area contributed by atoms with Crippen LogP contribution in [0.15, 0.2) is 61.2 Å². The lowest BCUT2D eigenvalue weighted by atomic mass is 9.92. The van der Waals surface area contributed by atoms with Crippen molar-refractivity contribution in [1.82, 2.24) is 14.7 Å². The van der Waals surface area contributed by atoms with Gasteiger partial charge < -0.3 is 9.64 Å². The summed E-state index contributed by atoms with van der Waals surface area (Å²) < 4.78 is 6.00. The van der Waals surface area contributed by atoms with Gasteiger partial charge in [-0.1, -0.05) is 36.4 Å². The molecule has 6 nitrogen and oxygen atoms in total. The first kappa shape index (κ1) is 29.6. The van der Waals surface area contributed by atoms with Crippen molar-refractivity contribution in [3.05, 3.63) is 77.9 Å². The molecule has 0 saturated carbocycles. The molecule has 1 heterocycles. The van der Waals surface area contributed by atoms with Crippen molar-refractivity contribution in [1.29, 1.82) is 0 Å². The summed E-state index contributed by atoms with van der Waals surface area (Å²) in [4.78, 5) is 32.6. The third-order valence-electron chi connectivity index (χ3n) is 7.41. The van der Waals surface area contributed by atoms with Crippen molar-refractivity contribution in [3.63, 3.8) is 0 Å². The second-order valence-corrected chi connectivity index (χ2v) is 11.3. The van der Waals surface area contributed by atoms with Crippen molar-refractivity contribution in [2.45, 2.75) is 66.6 Å². The lowest BCUT2D eigenvalue weighted by Crippen LogP contribution is -2.57. The van der Waals surface area contributed by atoms with E-state index in [1.165, 1.54) is 0 Å². The lowest BCUT2D eigenvalue weighted by Gasteiger charge is -2.47.